The number of phosphoric ester groups is 1. The Kier molecular flexibility index (Phi) is 30.6. The van der Waals surface area contributed by atoms with E-state index >= 15 is 0 Å². The molecule has 218 valence electrons. The van der Waals surface area contributed by atoms with Crippen LogP contribution in [0.3, 0.4) is 0 Å². The molecule has 0 unspecified atom stereocenters. The third-order valence-electron chi connectivity index (χ3n) is 7.29. The van der Waals surface area contributed by atoms with Gasteiger partial charge < -0.3 is 9.79 Å². The molecule has 0 aliphatic carbocycles. The highest BCUT2D eigenvalue weighted by Gasteiger charge is 2.12. The molecule has 0 aliphatic rings. The van der Waals surface area contributed by atoms with E-state index in [2.05, 4.69) is 20.5 Å². The van der Waals surface area contributed by atoms with Crippen molar-refractivity contribution in [3.05, 3.63) is 0 Å². The van der Waals surface area contributed by atoms with E-state index in [0.29, 0.717) is 0 Å². The maximum Gasteiger partial charge on any atom is 0.469 e. The molecule has 0 heterocycles. The first-order chi connectivity index (χ1) is 17.6. The summed E-state index contributed by atoms with van der Waals surface area (Å²) in [6.07, 6.45) is 38.2. The molecule has 2 N–H and O–H groups in total. The fourth-order valence-corrected chi connectivity index (χ4v) is 5.74. The molecule has 0 radical (unpaired) electrons. The predicted molar refractivity (Wildman–Crippen MR) is 161 cm³/mol. The van der Waals surface area contributed by atoms with E-state index in [9.17, 15) is 4.57 Å². The predicted octanol–water partition coefficient (Wildman–Crippen LogP) is 11.4. The standard InChI is InChI=1S/C30H62BrO4P/c31-29-27-25-23-21-19-17-15-13-11-9-7-5-3-1-2-4-6-8-10-12-14-16-18-20-22-24-26-28-30-35-36(32,33)34/h1-30H2,(H2,32,33,34). The number of rotatable bonds is 31. The number of alkyl halides is 1. The highest BCUT2D eigenvalue weighted by atomic mass is 79.9. The van der Waals surface area contributed by atoms with Gasteiger partial charge in [0.1, 0.15) is 0 Å². The summed E-state index contributed by atoms with van der Waals surface area (Å²) in [5, 5.41) is 1.17. The lowest BCUT2D eigenvalue weighted by molar-refractivity contribution is 0.193. The molecule has 0 fully saturated rings. The van der Waals surface area contributed by atoms with Crippen molar-refractivity contribution >= 4 is 23.8 Å². The zero-order valence-corrected chi connectivity index (χ0v) is 26.2. The number of phosphoric acid groups is 1. The molecule has 0 rings (SSSR count). The molecule has 4 nitrogen and oxygen atoms in total. The van der Waals surface area contributed by atoms with Crippen molar-refractivity contribution in [1.29, 1.82) is 0 Å². The molecule has 0 amide bonds. The zero-order valence-electron chi connectivity index (χ0n) is 23.7. The van der Waals surface area contributed by atoms with Crippen LogP contribution in [-0.4, -0.2) is 21.7 Å². The average molecular weight is 598 g/mol. The molecule has 0 spiro atoms. The normalized spacial score (nSPS) is 12.0. The monoisotopic (exact) mass is 596 g/mol. The molecule has 0 aromatic heterocycles. The summed E-state index contributed by atoms with van der Waals surface area (Å²) in [4.78, 5) is 17.2. The second-order valence-electron chi connectivity index (χ2n) is 10.9. The van der Waals surface area contributed by atoms with Gasteiger partial charge in [0.25, 0.3) is 0 Å². The highest BCUT2D eigenvalue weighted by molar-refractivity contribution is 9.09. The Morgan fingerprint density at radius 3 is 0.778 bits per heavy atom. The van der Waals surface area contributed by atoms with Gasteiger partial charge in [0.15, 0.2) is 0 Å². The molecule has 0 aromatic carbocycles. The van der Waals surface area contributed by atoms with Crippen LogP contribution in [0, 0.1) is 0 Å². The summed E-state index contributed by atoms with van der Waals surface area (Å²) < 4.78 is 15.0. The summed E-state index contributed by atoms with van der Waals surface area (Å²) in [5.41, 5.74) is 0. The first kappa shape index (κ1) is 36.6. The molecule has 36 heavy (non-hydrogen) atoms. The fraction of sp³-hybridized carbons (Fsp3) is 1.00. The summed E-state index contributed by atoms with van der Waals surface area (Å²) in [7, 11) is -4.27. The molecule has 6 heteroatoms. The topological polar surface area (TPSA) is 66.8 Å². The van der Waals surface area contributed by atoms with Crippen molar-refractivity contribution in [2.24, 2.45) is 0 Å². The highest BCUT2D eigenvalue weighted by Crippen LogP contribution is 2.35. The summed E-state index contributed by atoms with van der Waals surface area (Å²) in [6.45, 7) is 0.170. The summed E-state index contributed by atoms with van der Waals surface area (Å²) in [5.74, 6) is 0. The molecule has 0 aliphatic heterocycles. The Bertz CT molecular complexity index is 458. The minimum atomic E-state index is -4.27. The third-order valence-corrected chi connectivity index (χ3v) is 8.37. The lowest BCUT2D eigenvalue weighted by Crippen LogP contribution is -1.92. The van der Waals surface area contributed by atoms with Crippen LogP contribution in [0.4, 0.5) is 0 Å². The molecular formula is C30H62BrO4P. The average Bonchev–Trinajstić information content (AvgIpc) is 2.84. The second kappa shape index (κ2) is 30.1. The number of unbranched alkanes of at least 4 members (excludes halogenated alkanes) is 27. The first-order valence-electron chi connectivity index (χ1n) is 15.8. The van der Waals surface area contributed by atoms with Crippen LogP contribution in [0.15, 0.2) is 0 Å². The van der Waals surface area contributed by atoms with Gasteiger partial charge in [0.2, 0.25) is 0 Å². The van der Waals surface area contributed by atoms with E-state index in [1.807, 2.05) is 0 Å². The Balaban J connectivity index is 3.04. The van der Waals surface area contributed by atoms with Gasteiger partial charge in [-0.2, -0.15) is 0 Å². The first-order valence-corrected chi connectivity index (χ1v) is 18.5. The van der Waals surface area contributed by atoms with Gasteiger partial charge in [-0.25, -0.2) is 4.57 Å². The van der Waals surface area contributed by atoms with E-state index in [1.165, 1.54) is 166 Å². The van der Waals surface area contributed by atoms with E-state index < -0.39 is 7.82 Å². The minimum Gasteiger partial charge on any atom is -0.303 e. The van der Waals surface area contributed by atoms with Crippen molar-refractivity contribution in [1.82, 2.24) is 0 Å². The van der Waals surface area contributed by atoms with E-state index in [-0.39, 0.29) is 6.61 Å². The largest absolute Gasteiger partial charge is 0.469 e. The number of halogens is 1. The number of hydrogen-bond donors (Lipinski definition) is 2. The molecule has 0 atom stereocenters. The van der Waals surface area contributed by atoms with Crippen molar-refractivity contribution in [2.75, 3.05) is 11.9 Å². The molecule has 0 bridgehead atoms. The summed E-state index contributed by atoms with van der Waals surface area (Å²) in [6, 6.07) is 0. The molecule has 0 aromatic rings. The Morgan fingerprint density at radius 2 is 0.583 bits per heavy atom. The maximum atomic E-state index is 10.6. The molecule has 0 saturated heterocycles. The van der Waals surface area contributed by atoms with E-state index in [4.69, 9.17) is 9.79 Å². The zero-order chi connectivity index (χ0) is 26.4. The smallest absolute Gasteiger partial charge is 0.303 e. The minimum absolute atomic E-state index is 0.170. The SMILES string of the molecule is O=P(O)(O)OCCCCCCCCCCCCCCCCCCCCCCCCCCCCCCBr. The van der Waals surface area contributed by atoms with Crippen molar-refractivity contribution in [3.8, 4) is 0 Å². The Hall–Kier alpha value is 0.590. The summed E-state index contributed by atoms with van der Waals surface area (Å²) >= 11 is 3.51. The second-order valence-corrected chi connectivity index (χ2v) is 12.9. The van der Waals surface area contributed by atoms with Gasteiger partial charge >= 0.3 is 7.82 Å². The molecule has 0 saturated carbocycles. The van der Waals surface area contributed by atoms with Gasteiger partial charge in [-0.3, -0.25) is 4.52 Å². The lowest BCUT2D eigenvalue weighted by Gasteiger charge is -2.05. The van der Waals surface area contributed by atoms with Gasteiger partial charge in [-0.15, -0.1) is 0 Å². The van der Waals surface area contributed by atoms with Crippen LogP contribution in [0.5, 0.6) is 0 Å². The van der Waals surface area contributed by atoms with Crippen molar-refractivity contribution in [3.63, 3.8) is 0 Å². The van der Waals surface area contributed by atoms with Crippen molar-refractivity contribution in [2.45, 2.75) is 180 Å². The third kappa shape index (κ3) is 34.6. The Morgan fingerprint density at radius 1 is 0.389 bits per heavy atom. The Labute approximate surface area is 233 Å². The van der Waals surface area contributed by atoms with Gasteiger partial charge in [-0.05, 0) is 12.8 Å². The maximum absolute atomic E-state index is 10.6. The van der Waals surface area contributed by atoms with Crippen LogP contribution in [0.2, 0.25) is 0 Å². The number of hydrogen-bond acceptors (Lipinski definition) is 2. The molecular weight excluding hydrogens is 535 g/mol. The van der Waals surface area contributed by atoms with Crippen LogP contribution in [0.25, 0.3) is 0 Å². The lowest BCUT2D eigenvalue weighted by atomic mass is 10.0. The quantitative estimate of drug-likeness (QED) is 0.0474. The van der Waals surface area contributed by atoms with Gasteiger partial charge in [0, 0.05) is 5.33 Å². The van der Waals surface area contributed by atoms with Crippen LogP contribution >= 0.6 is 23.8 Å². The van der Waals surface area contributed by atoms with E-state index in [1.54, 1.807) is 0 Å². The van der Waals surface area contributed by atoms with Crippen LogP contribution in [-0.2, 0) is 9.09 Å². The van der Waals surface area contributed by atoms with Gasteiger partial charge in [-0.1, -0.05) is 183 Å². The van der Waals surface area contributed by atoms with Gasteiger partial charge in [0.05, 0.1) is 6.61 Å². The fourth-order valence-electron chi connectivity index (χ4n) is 4.98. The van der Waals surface area contributed by atoms with Crippen LogP contribution < -0.4 is 0 Å². The van der Waals surface area contributed by atoms with Crippen LogP contribution in [0.1, 0.15) is 180 Å². The van der Waals surface area contributed by atoms with E-state index in [0.717, 1.165) is 19.3 Å². The van der Waals surface area contributed by atoms with Crippen molar-refractivity contribution < 1.29 is 18.9 Å².